The van der Waals surface area contributed by atoms with Crippen molar-refractivity contribution < 1.29 is 0 Å². The third-order valence-corrected chi connectivity index (χ3v) is 4.32. The first-order valence-corrected chi connectivity index (χ1v) is 7.01. The minimum absolute atomic E-state index is 0.0346. The maximum absolute atomic E-state index is 11.6. The second kappa shape index (κ2) is 3.61. The summed E-state index contributed by atoms with van der Waals surface area (Å²) in [4.78, 5) is 15.0. The summed E-state index contributed by atoms with van der Waals surface area (Å²) >= 11 is 0. The van der Waals surface area contributed by atoms with Gasteiger partial charge in [0.25, 0.3) is 0 Å². The van der Waals surface area contributed by atoms with E-state index in [0.29, 0.717) is 0 Å². The minimum Gasteiger partial charge on any atom is -0.354 e. The Balaban J connectivity index is 2.16. The van der Waals surface area contributed by atoms with E-state index in [2.05, 4.69) is 47.4 Å². The van der Waals surface area contributed by atoms with Crippen LogP contribution in [-0.2, 0) is 0 Å². The third kappa shape index (κ3) is 1.34. The quantitative estimate of drug-likeness (QED) is 0.443. The van der Waals surface area contributed by atoms with Gasteiger partial charge < -0.3 is 4.98 Å². The van der Waals surface area contributed by atoms with Crippen LogP contribution in [-0.4, -0.2) is 4.98 Å². The van der Waals surface area contributed by atoms with Crippen LogP contribution in [0.3, 0.4) is 0 Å². The predicted molar refractivity (Wildman–Crippen MR) is 88.3 cm³/mol. The molecule has 5 aromatic rings. The van der Waals surface area contributed by atoms with Gasteiger partial charge in [-0.15, -0.1) is 0 Å². The Kier molecular flexibility index (Phi) is 1.87. The fourth-order valence-corrected chi connectivity index (χ4v) is 3.40. The van der Waals surface area contributed by atoms with E-state index >= 15 is 0 Å². The van der Waals surface area contributed by atoms with E-state index in [-0.39, 0.29) is 5.43 Å². The van der Waals surface area contributed by atoms with E-state index in [0.717, 1.165) is 16.4 Å². The van der Waals surface area contributed by atoms with Crippen LogP contribution in [0.5, 0.6) is 0 Å². The third-order valence-electron chi connectivity index (χ3n) is 4.32. The number of hydrogen-bond acceptors (Lipinski definition) is 1. The first kappa shape index (κ1) is 10.9. The van der Waals surface area contributed by atoms with Crippen LogP contribution >= 0.6 is 0 Å². The molecule has 98 valence electrons. The van der Waals surface area contributed by atoms with Crippen LogP contribution in [0, 0.1) is 0 Å². The second-order valence-corrected chi connectivity index (χ2v) is 5.52. The van der Waals surface area contributed by atoms with Crippen LogP contribution < -0.4 is 5.43 Å². The minimum atomic E-state index is 0.0346. The Morgan fingerprint density at radius 1 is 0.714 bits per heavy atom. The number of fused-ring (bicyclic) bond motifs is 4. The molecule has 1 heterocycles. The average molecular weight is 269 g/mol. The number of nitrogens with one attached hydrogen (secondary N) is 1. The van der Waals surface area contributed by atoms with E-state index in [4.69, 9.17) is 0 Å². The highest BCUT2D eigenvalue weighted by Gasteiger charge is 2.12. The molecule has 4 aromatic carbocycles. The van der Waals surface area contributed by atoms with Crippen molar-refractivity contribution in [2.45, 2.75) is 0 Å². The van der Waals surface area contributed by atoms with Gasteiger partial charge in [0, 0.05) is 22.4 Å². The van der Waals surface area contributed by atoms with Crippen molar-refractivity contribution >= 4 is 43.4 Å². The fourth-order valence-electron chi connectivity index (χ4n) is 3.40. The Hall–Kier alpha value is -2.87. The van der Waals surface area contributed by atoms with E-state index in [1.54, 1.807) is 12.1 Å². The van der Waals surface area contributed by atoms with Crippen molar-refractivity contribution in [1.82, 2.24) is 4.98 Å². The van der Waals surface area contributed by atoms with Crippen molar-refractivity contribution in [3.05, 3.63) is 70.9 Å². The molecule has 0 fully saturated rings. The lowest BCUT2D eigenvalue weighted by atomic mass is 10.1. The summed E-state index contributed by atoms with van der Waals surface area (Å²) in [6.07, 6.45) is 0. The molecule has 0 aliphatic heterocycles. The summed E-state index contributed by atoms with van der Waals surface area (Å²) < 4.78 is 0. The van der Waals surface area contributed by atoms with Crippen LogP contribution in [0.4, 0.5) is 0 Å². The van der Waals surface area contributed by atoms with Crippen molar-refractivity contribution in [3.8, 4) is 0 Å². The molecule has 5 rings (SSSR count). The number of pyridine rings is 1. The van der Waals surface area contributed by atoms with Gasteiger partial charge in [-0.1, -0.05) is 36.4 Å². The van der Waals surface area contributed by atoms with E-state index in [1.165, 1.54) is 26.9 Å². The molecule has 0 atom stereocenters. The Labute approximate surface area is 120 Å². The van der Waals surface area contributed by atoms with Crippen molar-refractivity contribution in [1.29, 1.82) is 0 Å². The molecule has 1 N–H and O–H groups in total. The van der Waals surface area contributed by atoms with E-state index < -0.39 is 0 Å². The number of aromatic nitrogens is 1. The Morgan fingerprint density at radius 3 is 2.38 bits per heavy atom. The summed E-state index contributed by atoms with van der Waals surface area (Å²) in [5.74, 6) is 0. The van der Waals surface area contributed by atoms with Gasteiger partial charge in [0.1, 0.15) is 0 Å². The van der Waals surface area contributed by atoms with Crippen LogP contribution in [0.15, 0.2) is 65.5 Å². The predicted octanol–water partition coefficient (Wildman–Crippen LogP) is 4.43. The molecule has 0 bridgehead atoms. The largest absolute Gasteiger partial charge is 0.354 e. The zero-order chi connectivity index (χ0) is 14.0. The van der Waals surface area contributed by atoms with Gasteiger partial charge in [0.05, 0.1) is 5.52 Å². The molecule has 2 heteroatoms. The monoisotopic (exact) mass is 269 g/mol. The number of aromatic amines is 1. The molecule has 0 radical (unpaired) electrons. The Morgan fingerprint density at radius 2 is 1.52 bits per heavy atom. The molecular formula is C19H11NO. The van der Waals surface area contributed by atoms with Crippen molar-refractivity contribution in [2.75, 3.05) is 0 Å². The zero-order valence-electron chi connectivity index (χ0n) is 11.2. The lowest BCUT2D eigenvalue weighted by Gasteiger charge is -1.99. The summed E-state index contributed by atoms with van der Waals surface area (Å²) in [6.45, 7) is 0. The highest BCUT2D eigenvalue weighted by atomic mass is 16.1. The topological polar surface area (TPSA) is 32.9 Å². The zero-order valence-corrected chi connectivity index (χ0v) is 11.2. The number of benzene rings is 3. The number of rotatable bonds is 0. The summed E-state index contributed by atoms with van der Waals surface area (Å²) in [5.41, 5.74) is 2.04. The van der Waals surface area contributed by atoms with Crippen molar-refractivity contribution in [3.63, 3.8) is 0 Å². The molecule has 0 aliphatic rings. The average Bonchev–Trinajstić information content (AvgIpc) is 2.82. The maximum Gasteiger partial charge on any atom is 0.180 e. The molecule has 21 heavy (non-hydrogen) atoms. The SMILES string of the molecule is O=c1ccc2cc3c4cccc5cccc(c3[nH]c2c1)c54. The van der Waals surface area contributed by atoms with Gasteiger partial charge in [0.15, 0.2) is 5.43 Å². The standard InChI is InChI=1S/C19H11NO/c21-13-8-7-12-9-16-14-5-1-3-11-4-2-6-15(18(11)14)19(16)20-17(12)10-13/h1-10,20H. The molecular weight excluding hydrogens is 258 g/mol. The van der Waals surface area contributed by atoms with Gasteiger partial charge in [0.2, 0.25) is 0 Å². The smallest absolute Gasteiger partial charge is 0.180 e. The van der Waals surface area contributed by atoms with E-state index in [9.17, 15) is 4.79 Å². The first-order chi connectivity index (χ1) is 10.3. The van der Waals surface area contributed by atoms with E-state index in [1.807, 2.05) is 6.07 Å². The van der Waals surface area contributed by atoms with Crippen LogP contribution in [0.2, 0.25) is 0 Å². The normalized spacial score (nSPS) is 12.0. The van der Waals surface area contributed by atoms with Crippen LogP contribution in [0.1, 0.15) is 0 Å². The molecule has 2 nitrogen and oxygen atoms in total. The highest BCUT2D eigenvalue weighted by Crippen LogP contribution is 2.38. The molecule has 0 amide bonds. The second-order valence-electron chi connectivity index (χ2n) is 5.52. The van der Waals surface area contributed by atoms with Crippen LogP contribution in [0.25, 0.3) is 43.4 Å². The maximum atomic E-state index is 11.6. The summed E-state index contributed by atoms with van der Waals surface area (Å²) in [6, 6.07) is 20.1. The Bertz CT molecular complexity index is 1200. The molecule has 0 saturated carbocycles. The van der Waals surface area contributed by atoms with Crippen molar-refractivity contribution in [2.24, 2.45) is 0 Å². The first-order valence-electron chi connectivity index (χ1n) is 7.01. The molecule has 0 spiro atoms. The lowest BCUT2D eigenvalue weighted by Crippen LogP contribution is -1.95. The molecule has 0 saturated heterocycles. The number of hydrogen-bond donors (Lipinski definition) is 1. The summed E-state index contributed by atoms with van der Waals surface area (Å²) in [5, 5.41) is 7.32. The van der Waals surface area contributed by atoms with Gasteiger partial charge in [-0.2, -0.15) is 0 Å². The molecule has 0 aliphatic carbocycles. The molecule has 0 unspecified atom stereocenters. The summed E-state index contributed by atoms with van der Waals surface area (Å²) in [7, 11) is 0. The fraction of sp³-hybridized carbons (Fsp3) is 0. The van der Waals surface area contributed by atoms with Gasteiger partial charge in [-0.05, 0) is 39.7 Å². The van der Waals surface area contributed by atoms with Gasteiger partial charge in [-0.3, -0.25) is 4.79 Å². The molecule has 1 aromatic heterocycles. The highest BCUT2D eigenvalue weighted by molar-refractivity contribution is 6.29. The van der Waals surface area contributed by atoms with Gasteiger partial charge >= 0.3 is 0 Å². The number of H-pyrrole nitrogens is 1. The lowest BCUT2D eigenvalue weighted by molar-refractivity contribution is 1.50. The van der Waals surface area contributed by atoms with Gasteiger partial charge in [-0.25, -0.2) is 0 Å².